The van der Waals surface area contributed by atoms with Crippen LogP contribution in [-0.4, -0.2) is 11.1 Å². The molecule has 0 aliphatic carbocycles. The van der Waals surface area contributed by atoms with E-state index in [4.69, 9.17) is 10.2 Å². The van der Waals surface area contributed by atoms with Gasteiger partial charge in [-0.15, -0.1) is 11.3 Å². The van der Waals surface area contributed by atoms with Gasteiger partial charge < -0.3 is 5.11 Å². The summed E-state index contributed by atoms with van der Waals surface area (Å²) in [6, 6.07) is 3.24. The van der Waals surface area contributed by atoms with Crippen molar-refractivity contribution < 1.29 is 9.90 Å². The minimum absolute atomic E-state index is 0.327. The van der Waals surface area contributed by atoms with Crippen molar-refractivity contribution in [3.8, 4) is 0 Å². The second kappa shape index (κ2) is 3.05. The molecular formula is C5H5NO2S2. The van der Waals surface area contributed by atoms with Crippen molar-refractivity contribution in [1.29, 1.82) is 0 Å². The minimum atomic E-state index is -0.898. The highest BCUT2D eigenvalue weighted by Gasteiger charge is 2.05. The first-order valence-electron chi connectivity index (χ1n) is 2.44. The third-order valence-electron chi connectivity index (χ3n) is 0.908. The zero-order valence-electron chi connectivity index (χ0n) is 4.90. The molecule has 0 aliphatic rings. The Kier molecular flexibility index (Phi) is 2.31. The van der Waals surface area contributed by atoms with Crippen LogP contribution in [0.2, 0.25) is 0 Å². The fourth-order valence-electron chi connectivity index (χ4n) is 0.498. The van der Waals surface area contributed by atoms with Crippen LogP contribution in [0.25, 0.3) is 0 Å². The molecule has 0 atom stereocenters. The van der Waals surface area contributed by atoms with Crippen molar-refractivity contribution in [3.05, 3.63) is 17.0 Å². The molecule has 3 N–H and O–H groups in total. The summed E-state index contributed by atoms with van der Waals surface area (Å²) in [4.78, 5) is 10.6. The van der Waals surface area contributed by atoms with E-state index in [9.17, 15) is 4.79 Å². The lowest BCUT2D eigenvalue weighted by Crippen LogP contribution is -1.89. The second-order valence-electron chi connectivity index (χ2n) is 1.54. The van der Waals surface area contributed by atoms with Crippen molar-refractivity contribution in [3.63, 3.8) is 0 Å². The quantitative estimate of drug-likeness (QED) is 0.667. The molecule has 1 aromatic rings. The van der Waals surface area contributed by atoms with E-state index >= 15 is 0 Å². The lowest BCUT2D eigenvalue weighted by Gasteiger charge is -1.83. The van der Waals surface area contributed by atoms with E-state index in [1.165, 1.54) is 11.3 Å². The predicted octanol–water partition coefficient (Wildman–Crippen LogP) is 1.41. The zero-order chi connectivity index (χ0) is 7.56. The number of aromatic carboxylic acids is 1. The maximum absolute atomic E-state index is 10.3. The largest absolute Gasteiger partial charge is 0.477 e. The number of carboxylic acid groups (broad SMARTS) is 1. The SMILES string of the molecule is NSc1ccc(C(=O)O)s1. The lowest BCUT2D eigenvalue weighted by molar-refractivity contribution is 0.0702. The van der Waals surface area contributed by atoms with Crippen LogP contribution < -0.4 is 5.14 Å². The molecule has 0 aliphatic heterocycles. The van der Waals surface area contributed by atoms with Gasteiger partial charge in [0.2, 0.25) is 0 Å². The van der Waals surface area contributed by atoms with Crippen molar-refractivity contribution in [1.82, 2.24) is 0 Å². The summed E-state index contributed by atoms with van der Waals surface area (Å²) < 4.78 is 0.817. The summed E-state index contributed by atoms with van der Waals surface area (Å²) in [5, 5.41) is 13.7. The van der Waals surface area contributed by atoms with Gasteiger partial charge in [0.05, 0.1) is 4.21 Å². The Morgan fingerprint density at radius 2 is 2.40 bits per heavy atom. The molecule has 0 saturated heterocycles. The monoisotopic (exact) mass is 175 g/mol. The molecule has 0 spiro atoms. The molecule has 0 bridgehead atoms. The van der Waals surface area contributed by atoms with Crippen LogP contribution in [0.5, 0.6) is 0 Å². The highest BCUT2D eigenvalue weighted by molar-refractivity contribution is 7.99. The summed E-state index contributed by atoms with van der Waals surface area (Å²) in [5.41, 5.74) is 0. The Morgan fingerprint density at radius 1 is 1.70 bits per heavy atom. The number of rotatable bonds is 2. The summed E-state index contributed by atoms with van der Waals surface area (Å²) >= 11 is 2.24. The molecule has 0 radical (unpaired) electrons. The first-order valence-corrected chi connectivity index (χ1v) is 4.13. The minimum Gasteiger partial charge on any atom is -0.477 e. The van der Waals surface area contributed by atoms with Gasteiger partial charge in [-0.2, -0.15) is 0 Å². The number of hydrogen-bond donors (Lipinski definition) is 2. The highest BCUT2D eigenvalue weighted by atomic mass is 32.2. The van der Waals surface area contributed by atoms with Crippen LogP contribution in [-0.2, 0) is 0 Å². The van der Waals surface area contributed by atoms with Gasteiger partial charge in [-0.1, -0.05) is 0 Å². The highest BCUT2D eigenvalue weighted by Crippen LogP contribution is 2.22. The maximum atomic E-state index is 10.3. The van der Waals surface area contributed by atoms with E-state index in [1.807, 2.05) is 0 Å². The van der Waals surface area contributed by atoms with Crippen LogP contribution in [0.3, 0.4) is 0 Å². The Bertz CT molecular complexity index is 246. The standard InChI is InChI=1S/C5H5NO2S2/c6-10-4-2-1-3(9-4)5(7)8/h1-2H,6H2,(H,7,8). The number of carboxylic acids is 1. The molecule has 0 aromatic carbocycles. The molecule has 1 rings (SSSR count). The molecule has 5 heteroatoms. The summed E-state index contributed by atoms with van der Waals surface area (Å²) in [5.74, 6) is -0.898. The Morgan fingerprint density at radius 3 is 2.70 bits per heavy atom. The van der Waals surface area contributed by atoms with Gasteiger partial charge in [-0.05, 0) is 24.1 Å². The normalized spacial score (nSPS) is 9.70. The van der Waals surface area contributed by atoms with Gasteiger partial charge in [0.25, 0.3) is 0 Å². The van der Waals surface area contributed by atoms with E-state index in [-0.39, 0.29) is 0 Å². The Hall–Kier alpha value is -0.520. The number of hydrogen-bond acceptors (Lipinski definition) is 4. The molecule has 0 unspecified atom stereocenters. The molecule has 1 aromatic heterocycles. The van der Waals surface area contributed by atoms with Gasteiger partial charge in [0.1, 0.15) is 4.88 Å². The Balaban J connectivity index is 2.88. The number of nitrogens with two attached hydrogens (primary N) is 1. The fraction of sp³-hybridized carbons (Fsp3) is 0. The molecule has 0 amide bonds. The molecule has 3 nitrogen and oxygen atoms in total. The van der Waals surface area contributed by atoms with Gasteiger partial charge in [-0.25, -0.2) is 4.79 Å². The van der Waals surface area contributed by atoms with E-state index in [0.29, 0.717) is 4.88 Å². The third kappa shape index (κ3) is 1.50. The van der Waals surface area contributed by atoms with E-state index in [0.717, 1.165) is 16.2 Å². The van der Waals surface area contributed by atoms with E-state index < -0.39 is 5.97 Å². The fourth-order valence-corrected chi connectivity index (χ4v) is 1.68. The number of carbonyl (C=O) groups is 1. The summed E-state index contributed by atoms with van der Waals surface area (Å²) in [7, 11) is 0. The van der Waals surface area contributed by atoms with Crippen LogP contribution in [0.1, 0.15) is 9.67 Å². The molecule has 54 valence electrons. The van der Waals surface area contributed by atoms with Gasteiger partial charge in [0.15, 0.2) is 0 Å². The lowest BCUT2D eigenvalue weighted by atomic mass is 10.5. The van der Waals surface area contributed by atoms with Crippen molar-refractivity contribution in [2.24, 2.45) is 5.14 Å². The summed E-state index contributed by atoms with van der Waals surface area (Å²) in [6.07, 6.45) is 0. The van der Waals surface area contributed by atoms with Gasteiger partial charge in [-0.3, -0.25) is 5.14 Å². The van der Waals surface area contributed by atoms with Crippen molar-refractivity contribution in [2.45, 2.75) is 4.21 Å². The van der Waals surface area contributed by atoms with Crippen LogP contribution in [0.15, 0.2) is 16.3 Å². The first-order chi connectivity index (χ1) is 4.74. The van der Waals surface area contributed by atoms with Crippen molar-refractivity contribution >= 4 is 29.3 Å². The second-order valence-corrected chi connectivity index (χ2v) is 3.56. The van der Waals surface area contributed by atoms with E-state index in [2.05, 4.69) is 0 Å². The topological polar surface area (TPSA) is 63.3 Å². The van der Waals surface area contributed by atoms with Gasteiger partial charge >= 0.3 is 5.97 Å². The van der Waals surface area contributed by atoms with E-state index in [1.54, 1.807) is 12.1 Å². The molecule has 10 heavy (non-hydrogen) atoms. The Labute approximate surface area is 66.0 Å². The van der Waals surface area contributed by atoms with Gasteiger partial charge in [0, 0.05) is 0 Å². The van der Waals surface area contributed by atoms with Crippen molar-refractivity contribution in [2.75, 3.05) is 0 Å². The third-order valence-corrected chi connectivity index (χ3v) is 2.68. The van der Waals surface area contributed by atoms with Crippen LogP contribution in [0, 0.1) is 0 Å². The molecule has 1 heterocycles. The smallest absolute Gasteiger partial charge is 0.345 e. The molecule has 0 saturated carbocycles. The average Bonchev–Trinajstić information content (AvgIpc) is 2.34. The predicted molar refractivity (Wildman–Crippen MR) is 41.3 cm³/mol. The zero-order valence-corrected chi connectivity index (χ0v) is 6.54. The van der Waals surface area contributed by atoms with Crippen LogP contribution >= 0.6 is 23.3 Å². The molecular weight excluding hydrogens is 170 g/mol. The average molecular weight is 175 g/mol. The maximum Gasteiger partial charge on any atom is 0.345 e. The first kappa shape index (κ1) is 7.59. The summed E-state index contributed by atoms with van der Waals surface area (Å²) in [6.45, 7) is 0. The number of thiophene rings is 1. The van der Waals surface area contributed by atoms with Crippen LogP contribution in [0.4, 0.5) is 0 Å². The molecule has 0 fully saturated rings.